The first kappa shape index (κ1) is 11.3. The van der Waals surface area contributed by atoms with Crippen LogP contribution in [0, 0.1) is 0 Å². The van der Waals surface area contributed by atoms with Gasteiger partial charge in [-0.1, -0.05) is 42.5 Å². The summed E-state index contributed by atoms with van der Waals surface area (Å²) in [7, 11) is 0. The fourth-order valence-electron chi connectivity index (χ4n) is 1.77. The number of carbonyl (C=O) groups excluding carboxylic acids is 2. The summed E-state index contributed by atoms with van der Waals surface area (Å²) in [4.78, 5) is 22.7. The van der Waals surface area contributed by atoms with Crippen molar-refractivity contribution in [3.8, 4) is 0 Å². The highest BCUT2D eigenvalue weighted by Crippen LogP contribution is 2.18. The Morgan fingerprint density at radius 1 is 1.06 bits per heavy atom. The minimum absolute atomic E-state index is 0.0450. The van der Waals surface area contributed by atoms with E-state index in [4.69, 9.17) is 0 Å². The van der Waals surface area contributed by atoms with E-state index in [1.54, 1.807) is 6.07 Å². The van der Waals surface area contributed by atoms with Gasteiger partial charge in [0, 0.05) is 12.5 Å². The van der Waals surface area contributed by atoms with Crippen LogP contribution in [0.25, 0.3) is 10.8 Å². The quantitative estimate of drug-likeness (QED) is 0.817. The Labute approximate surface area is 99.4 Å². The number of carbonyl (C=O) groups is 2. The van der Waals surface area contributed by atoms with E-state index >= 15 is 0 Å². The Balaban J connectivity index is 2.35. The molecule has 17 heavy (non-hydrogen) atoms. The summed E-state index contributed by atoms with van der Waals surface area (Å²) in [6.07, 6.45) is 0. The summed E-state index contributed by atoms with van der Waals surface area (Å²) in [6.45, 7) is 1.44. The van der Waals surface area contributed by atoms with E-state index in [1.807, 2.05) is 36.4 Å². The van der Waals surface area contributed by atoms with Crippen LogP contribution >= 0.6 is 0 Å². The molecule has 0 saturated carbocycles. The average Bonchev–Trinajstić information content (AvgIpc) is 2.35. The minimum Gasteiger partial charge on any atom is -0.349 e. The SMILES string of the molecule is CC(=O)NCC(=O)c1cccc2ccccc12. The molecule has 0 aliphatic rings. The first-order valence-electron chi connectivity index (χ1n) is 5.44. The standard InChI is InChI=1S/C14H13NO2/c1-10(16)15-9-14(17)13-8-4-6-11-5-2-3-7-12(11)13/h2-8H,9H2,1H3,(H,15,16). The molecule has 1 N–H and O–H groups in total. The molecule has 2 aromatic carbocycles. The largest absolute Gasteiger partial charge is 0.349 e. The number of amides is 1. The van der Waals surface area contributed by atoms with Crippen molar-refractivity contribution in [1.29, 1.82) is 0 Å². The summed E-state index contributed by atoms with van der Waals surface area (Å²) in [5.74, 6) is -0.268. The third kappa shape index (κ3) is 2.50. The van der Waals surface area contributed by atoms with Gasteiger partial charge in [-0.15, -0.1) is 0 Å². The Kier molecular flexibility index (Phi) is 3.19. The first-order valence-corrected chi connectivity index (χ1v) is 5.44. The molecule has 0 atom stereocenters. The average molecular weight is 227 g/mol. The predicted octanol–water partition coefficient (Wildman–Crippen LogP) is 2.16. The van der Waals surface area contributed by atoms with Gasteiger partial charge in [-0.25, -0.2) is 0 Å². The topological polar surface area (TPSA) is 46.2 Å². The Hall–Kier alpha value is -2.16. The number of hydrogen-bond donors (Lipinski definition) is 1. The van der Waals surface area contributed by atoms with Gasteiger partial charge in [0.25, 0.3) is 0 Å². The molecular formula is C14H13NO2. The molecule has 0 fully saturated rings. The maximum Gasteiger partial charge on any atom is 0.217 e. The molecule has 0 aliphatic heterocycles. The van der Waals surface area contributed by atoms with Gasteiger partial charge >= 0.3 is 0 Å². The van der Waals surface area contributed by atoms with E-state index in [-0.39, 0.29) is 18.2 Å². The molecule has 0 unspecified atom stereocenters. The Morgan fingerprint density at radius 2 is 1.76 bits per heavy atom. The number of rotatable bonds is 3. The van der Waals surface area contributed by atoms with Crippen LogP contribution in [-0.4, -0.2) is 18.2 Å². The zero-order chi connectivity index (χ0) is 12.3. The number of nitrogens with one attached hydrogen (secondary N) is 1. The molecule has 0 aromatic heterocycles. The van der Waals surface area contributed by atoms with Crippen molar-refractivity contribution in [2.75, 3.05) is 6.54 Å². The van der Waals surface area contributed by atoms with E-state index < -0.39 is 0 Å². The van der Waals surface area contributed by atoms with E-state index in [0.29, 0.717) is 5.56 Å². The molecule has 0 radical (unpaired) electrons. The summed E-state index contributed by atoms with van der Waals surface area (Å²) >= 11 is 0. The summed E-state index contributed by atoms with van der Waals surface area (Å²) in [6, 6.07) is 13.3. The highest BCUT2D eigenvalue weighted by Gasteiger charge is 2.09. The number of ketones is 1. The number of hydrogen-bond acceptors (Lipinski definition) is 2. The lowest BCUT2D eigenvalue weighted by Gasteiger charge is -2.05. The second kappa shape index (κ2) is 4.78. The molecule has 86 valence electrons. The monoisotopic (exact) mass is 227 g/mol. The van der Waals surface area contributed by atoms with Gasteiger partial charge in [0.2, 0.25) is 5.91 Å². The highest BCUT2D eigenvalue weighted by atomic mass is 16.2. The second-order valence-corrected chi connectivity index (χ2v) is 3.86. The van der Waals surface area contributed by atoms with Crippen molar-refractivity contribution in [2.24, 2.45) is 0 Å². The second-order valence-electron chi connectivity index (χ2n) is 3.86. The van der Waals surface area contributed by atoms with E-state index in [0.717, 1.165) is 10.8 Å². The van der Waals surface area contributed by atoms with Crippen molar-refractivity contribution < 1.29 is 9.59 Å². The first-order chi connectivity index (χ1) is 8.18. The molecule has 2 rings (SSSR count). The number of fused-ring (bicyclic) bond motifs is 1. The molecule has 3 heteroatoms. The van der Waals surface area contributed by atoms with Crippen LogP contribution in [-0.2, 0) is 4.79 Å². The van der Waals surface area contributed by atoms with Gasteiger partial charge in [0.15, 0.2) is 5.78 Å². The normalized spacial score (nSPS) is 10.2. The van der Waals surface area contributed by atoms with Crippen LogP contribution in [0.1, 0.15) is 17.3 Å². The van der Waals surface area contributed by atoms with Crippen molar-refractivity contribution in [1.82, 2.24) is 5.32 Å². The van der Waals surface area contributed by atoms with Gasteiger partial charge in [-0.3, -0.25) is 9.59 Å². The molecule has 0 heterocycles. The van der Waals surface area contributed by atoms with Gasteiger partial charge < -0.3 is 5.32 Å². The lowest BCUT2D eigenvalue weighted by molar-refractivity contribution is -0.118. The smallest absolute Gasteiger partial charge is 0.217 e. The van der Waals surface area contributed by atoms with Crippen molar-refractivity contribution in [2.45, 2.75) is 6.92 Å². The fraction of sp³-hybridized carbons (Fsp3) is 0.143. The maximum atomic E-state index is 11.9. The van der Waals surface area contributed by atoms with Gasteiger partial charge in [-0.2, -0.15) is 0 Å². The van der Waals surface area contributed by atoms with Crippen LogP contribution in [0.2, 0.25) is 0 Å². The van der Waals surface area contributed by atoms with Crippen molar-refractivity contribution in [3.05, 3.63) is 48.0 Å². The van der Waals surface area contributed by atoms with E-state index in [2.05, 4.69) is 5.32 Å². The third-order valence-corrected chi connectivity index (χ3v) is 2.59. The molecule has 1 amide bonds. The minimum atomic E-state index is -0.196. The van der Waals surface area contributed by atoms with Gasteiger partial charge in [-0.05, 0) is 10.8 Å². The fourth-order valence-corrected chi connectivity index (χ4v) is 1.77. The summed E-state index contributed by atoms with van der Waals surface area (Å²) in [5.41, 5.74) is 0.650. The molecule has 2 aromatic rings. The van der Waals surface area contributed by atoms with Crippen molar-refractivity contribution in [3.63, 3.8) is 0 Å². The molecule has 0 saturated heterocycles. The molecule has 0 bridgehead atoms. The Bertz CT molecular complexity index is 570. The molecule has 0 spiro atoms. The highest BCUT2D eigenvalue weighted by molar-refractivity contribution is 6.09. The predicted molar refractivity (Wildman–Crippen MR) is 67.0 cm³/mol. The number of benzene rings is 2. The Morgan fingerprint density at radius 3 is 2.53 bits per heavy atom. The summed E-state index contributed by atoms with van der Waals surface area (Å²) in [5, 5.41) is 4.47. The van der Waals surface area contributed by atoms with Crippen LogP contribution in [0.4, 0.5) is 0 Å². The lowest BCUT2D eigenvalue weighted by atomic mass is 10.0. The van der Waals surface area contributed by atoms with Crippen LogP contribution in [0.3, 0.4) is 0 Å². The molecular weight excluding hydrogens is 214 g/mol. The molecule has 3 nitrogen and oxygen atoms in total. The van der Waals surface area contributed by atoms with Crippen LogP contribution < -0.4 is 5.32 Å². The van der Waals surface area contributed by atoms with Crippen LogP contribution in [0.15, 0.2) is 42.5 Å². The van der Waals surface area contributed by atoms with Gasteiger partial charge in [0.1, 0.15) is 0 Å². The van der Waals surface area contributed by atoms with E-state index in [9.17, 15) is 9.59 Å². The zero-order valence-corrected chi connectivity index (χ0v) is 9.57. The lowest BCUT2D eigenvalue weighted by Crippen LogP contribution is -2.27. The van der Waals surface area contributed by atoms with Crippen LogP contribution in [0.5, 0.6) is 0 Å². The maximum absolute atomic E-state index is 11.9. The van der Waals surface area contributed by atoms with E-state index in [1.165, 1.54) is 6.92 Å². The van der Waals surface area contributed by atoms with Gasteiger partial charge in [0.05, 0.1) is 6.54 Å². The number of Topliss-reactive ketones (excluding diaryl/α,β-unsaturated/α-hetero) is 1. The third-order valence-electron chi connectivity index (χ3n) is 2.59. The zero-order valence-electron chi connectivity index (χ0n) is 9.57. The molecule has 0 aliphatic carbocycles. The van der Waals surface area contributed by atoms with Crippen molar-refractivity contribution >= 4 is 22.5 Å². The summed E-state index contributed by atoms with van der Waals surface area (Å²) < 4.78 is 0.